The number of benzene rings is 3. The number of carboxylic acids is 2. The van der Waals surface area contributed by atoms with E-state index in [1.165, 1.54) is 35.3 Å². The maximum Gasteiger partial charge on any atom is 0.410 e. The quantitative estimate of drug-likeness (QED) is 0.0266. The molecule has 7 amide bonds. The van der Waals surface area contributed by atoms with Crippen LogP contribution in [0.1, 0.15) is 135 Å². The topological polar surface area (TPSA) is 424 Å². The van der Waals surface area contributed by atoms with Crippen molar-refractivity contribution >= 4 is 91.7 Å². The van der Waals surface area contributed by atoms with Gasteiger partial charge in [-0.2, -0.15) is 5.10 Å². The van der Waals surface area contributed by atoms with Crippen molar-refractivity contribution in [2.75, 3.05) is 54.9 Å². The highest BCUT2D eigenvalue weighted by Crippen LogP contribution is 2.72. The van der Waals surface area contributed by atoms with E-state index in [2.05, 4.69) is 40.1 Å². The van der Waals surface area contributed by atoms with Gasteiger partial charge in [-0.1, -0.05) is 69.4 Å². The summed E-state index contributed by atoms with van der Waals surface area (Å²) in [5, 5.41) is 89.4. The zero-order valence-electron chi connectivity index (χ0n) is 60.4. The number of fused-ring (bicyclic) bond motifs is 2. The van der Waals surface area contributed by atoms with Crippen LogP contribution in [0.3, 0.4) is 0 Å². The van der Waals surface area contributed by atoms with E-state index in [0.717, 1.165) is 71.3 Å². The number of nitrogens with one attached hydrogen (secondary N) is 4. The molecule has 4 aliphatic carbocycles. The summed E-state index contributed by atoms with van der Waals surface area (Å²) in [7, 11) is 0. The minimum absolute atomic E-state index is 0.0135. The van der Waals surface area contributed by atoms with E-state index in [4.69, 9.17) is 24.3 Å². The van der Waals surface area contributed by atoms with Crippen LogP contribution in [-0.2, 0) is 75.5 Å². The predicted octanol–water partition coefficient (Wildman–Crippen LogP) is 5.27. The second kappa shape index (κ2) is 31.3. The van der Waals surface area contributed by atoms with Gasteiger partial charge in [-0.15, -0.1) is 0 Å². The van der Waals surface area contributed by atoms with Gasteiger partial charge >= 0.3 is 18.0 Å². The molecule has 10 atom stereocenters. The first-order chi connectivity index (χ1) is 50.8. The molecule has 0 spiro atoms. The Bertz CT molecular complexity index is 4410. The van der Waals surface area contributed by atoms with Crippen molar-refractivity contribution in [3.63, 3.8) is 0 Å². The molecule has 11 N–H and O–H groups in total. The highest BCUT2D eigenvalue weighted by Gasteiger charge is 2.66. The summed E-state index contributed by atoms with van der Waals surface area (Å²) < 4.78 is 21.6. The molecule has 31 heteroatoms. The summed E-state index contributed by atoms with van der Waals surface area (Å²) in [6.07, 6.45) is -1.68. The first-order valence-electron chi connectivity index (χ1n) is 36.0. The first-order valence-corrected chi connectivity index (χ1v) is 36.8. The molecular weight excluding hydrogens is 1400 g/mol. The highest BCUT2D eigenvalue weighted by atomic mass is 32.1. The average Bonchev–Trinajstić information content (AvgIpc) is 0.787. The number of aryl methyl sites for hydroxylation is 1. The fraction of sp³-hybridized carbons (Fsp3) is 0.500. The Labute approximate surface area is 620 Å². The van der Waals surface area contributed by atoms with Crippen LogP contribution >= 0.6 is 11.3 Å². The molecule has 4 saturated carbocycles. The molecule has 30 nitrogen and oxygen atoms in total. The minimum atomic E-state index is -1.95. The number of aromatic carboxylic acids is 1. The molecular formula is C76H91N11O19S. The van der Waals surface area contributed by atoms with Gasteiger partial charge in [0.15, 0.2) is 16.9 Å². The lowest BCUT2D eigenvalue weighted by atomic mass is 9.39. The fourth-order valence-electron chi connectivity index (χ4n) is 17.6. The average molecular weight is 1490 g/mol. The molecule has 3 aromatic carbocycles. The SMILES string of the molecule is Cc1c(-c2ccc(N3CCc4cccc(C(=O)Nc5nc6ccccc6s5)c4C3)nc2C(=O)O)cnn1CC12CC3(C)CC(C)(C1)CC(OCCN(CC[C@H](O)CO)C(=O)OCc1ccc(NC(=O)[C@H](C)NC(=O)[C@@H](NC(=O)CN4C(=O)C=CC4=O)C(C)C)cc1CC[C@@H]1O[C@H](C(=O)O)[C@@H](O)[C@H](O)[C@H]1O)(C3)C2. The molecule has 4 bridgehead atoms. The lowest BCUT2D eigenvalue weighted by Gasteiger charge is -2.69. The number of amides is 7. The van der Waals surface area contributed by atoms with Crippen LogP contribution < -0.4 is 26.2 Å². The van der Waals surface area contributed by atoms with Crippen molar-refractivity contribution in [1.82, 2.24) is 40.2 Å². The molecule has 3 aromatic heterocycles. The summed E-state index contributed by atoms with van der Waals surface area (Å²) in [5.74, 6) is -6.73. The van der Waals surface area contributed by atoms with E-state index in [9.17, 15) is 78.9 Å². The Morgan fingerprint density at radius 1 is 0.804 bits per heavy atom. The van der Waals surface area contributed by atoms with Gasteiger partial charge in [0.05, 0.1) is 47.4 Å². The van der Waals surface area contributed by atoms with E-state index in [-0.39, 0.29) is 79.1 Å². The van der Waals surface area contributed by atoms with Crippen LogP contribution in [0.15, 0.2) is 91.1 Å². The summed E-state index contributed by atoms with van der Waals surface area (Å²) in [5.41, 5.74) is 4.58. The van der Waals surface area contributed by atoms with E-state index in [0.29, 0.717) is 76.1 Å². The fourth-order valence-corrected chi connectivity index (χ4v) is 18.5. The Morgan fingerprint density at radius 2 is 1.54 bits per heavy atom. The van der Waals surface area contributed by atoms with Crippen LogP contribution in [0.4, 0.5) is 21.4 Å². The number of aliphatic carboxylic acids is 1. The van der Waals surface area contributed by atoms with E-state index in [1.54, 1.807) is 38.2 Å². The van der Waals surface area contributed by atoms with Crippen LogP contribution in [0.25, 0.3) is 21.3 Å². The van der Waals surface area contributed by atoms with E-state index >= 15 is 0 Å². The Hall–Kier alpha value is -9.60. The number of ether oxygens (including phenoxy) is 3. The maximum atomic E-state index is 14.4. The standard InChI is InChI=1S/C76H91N11O19S/c1-41(2)60(82-57(90)31-86-58(91)20-21-59(86)92)68(98)78-42(3)66(96)79-47-16-14-46(45(28-47)15-18-54-62(93)63(94)64(95)65(106-54)70(101)102)33-104-72(103)84(25-23-48(89)32-88)26-27-105-76-37-73(5)34-74(6,38-76)36-75(35-73,39-76)40-87-43(4)51(29-77-87)49-17-19-56(81-61(49)69(99)100)85-24-22-44-10-9-11-50(52(44)30-85)67(97)83-71-80-53-12-7-8-13-55(53)107-71/h7-14,16-17,19-21,28-29,41-42,48,54,60,62-65,88-89,93-95H,15,18,22-27,30-40H2,1-6H3,(H,78,98)(H,79,96)(H,82,90)(H,99,100)(H,101,102)(H,80,83,97)/t42-,48-,54-,60-,62-,63+,64-,65-,73?,74?,75?,76?/m0/s1. The van der Waals surface area contributed by atoms with Crippen molar-refractivity contribution < 1.29 is 93.1 Å². The number of aromatic nitrogens is 4. The number of carbonyl (C=O) groups excluding carboxylic acids is 7. The minimum Gasteiger partial charge on any atom is -0.479 e. The van der Waals surface area contributed by atoms with E-state index < -0.39 is 121 Å². The van der Waals surface area contributed by atoms with Crippen LogP contribution in [-0.4, -0.2) is 212 Å². The number of anilines is 3. The van der Waals surface area contributed by atoms with Crippen molar-refractivity contribution in [3.8, 4) is 11.1 Å². The normalized spacial score (nSPS) is 25.1. The molecule has 6 heterocycles. The van der Waals surface area contributed by atoms with Gasteiger partial charge in [0.2, 0.25) is 17.7 Å². The molecule has 0 radical (unpaired) electrons. The number of para-hydroxylation sites is 1. The molecule has 2 unspecified atom stereocenters. The van der Waals surface area contributed by atoms with Crippen molar-refractivity contribution in [2.24, 2.45) is 22.2 Å². The van der Waals surface area contributed by atoms with E-state index in [1.807, 2.05) is 59.0 Å². The lowest BCUT2D eigenvalue weighted by Crippen LogP contribution is -2.64. The number of hydrogen-bond acceptors (Lipinski definition) is 22. The van der Waals surface area contributed by atoms with Gasteiger partial charge in [-0.25, -0.2) is 24.4 Å². The molecule has 7 aliphatic rings. The van der Waals surface area contributed by atoms with Gasteiger partial charge < -0.3 is 75.7 Å². The van der Waals surface area contributed by atoms with Gasteiger partial charge in [-0.05, 0) is 165 Å². The van der Waals surface area contributed by atoms with Gasteiger partial charge in [0.25, 0.3) is 17.7 Å². The number of hydrogen-bond donors (Lipinski definition) is 11. The smallest absolute Gasteiger partial charge is 0.410 e. The third-order valence-corrected chi connectivity index (χ3v) is 22.6. The molecule has 107 heavy (non-hydrogen) atoms. The number of aliphatic hydroxyl groups excluding tert-OH is 5. The number of carboxylic acid groups (broad SMARTS) is 2. The number of imide groups is 1. The Morgan fingerprint density at radius 3 is 2.24 bits per heavy atom. The number of thiazole rings is 1. The summed E-state index contributed by atoms with van der Waals surface area (Å²) >= 11 is 1.39. The number of pyridine rings is 1. The summed E-state index contributed by atoms with van der Waals surface area (Å²) in [4.78, 5) is 131. The molecule has 3 aliphatic heterocycles. The van der Waals surface area contributed by atoms with Crippen LogP contribution in [0.5, 0.6) is 0 Å². The second-order valence-electron chi connectivity index (χ2n) is 30.6. The third-order valence-electron chi connectivity index (χ3n) is 21.6. The maximum absolute atomic E-state index is 14.4. The zero-order valence-corrected chi connectivity index (χ0v) is 61.2. The third kappa shape index (κ3) is 16.9. The molecule has 570 valence electrons. The van der Waals surface area contributed by atoms with Gasteiger partial charge in [0, 0.05) is 72.9 Å². The number of carbonyl (C=O) groups is 9. The highest BCUT2D eigenvalue weighted by molar-refractivity contribution is 7.22. The van der Waals surface area contributed by atoms with Crippen molar-refractivity contribution in [1.29, 1.82) is 0 Å². The van der Waals surface area contributed by atoms with Crippen LogP contribution in [0, 0.1) is 29.1 Å². The lowest BCUT2D eigenvalue weighted by molar-refractivity contribution is -0.248. The zero-order chi connectivity index (χ0) is 76.6. The van der Waals surface area contributed by atoms with Gasteiger partial charge in [-0.3, -0.25) is 43.7 Å². The number of rotatable bonds is 29. The molecule has 5 fully saturated rings. The number of aliphatic hydroxyl groups is 5. The summed E-state index contributed by atoms with van der Waals surface area (Å²) in [6.45, 7) is 11.0. The largest absolute Gasteiger partial charge is 0.479 e. The number of nitrogens with zero attached hydrogens (tertiary/aromatic N) is 7. The first kappa shape index (κ1) is 77.0. The van der Waals surface area contributed by atoms with Crippen molar-refractivity contribution in [2.45, 2.75) is 180 Å². The monoisotopic (exact) mass is 1490 g/mol. The van der Waals surface area contributed by atoms with Crippen LogP contribution in [0.2, 0.25) is 0 Å². The second-order valence-corrected chi connectivity index (χ2v) is 31.7. The Balaban J connectivity index is 0.714. The summed E-state index contributed by atoms with van der Waals surface area (Å²) in [6, 6.07) is 19.1. The van der Waals surface area contributed by atoms with Gasteiger partial charge in [0.1, 0.15) is 49.4 Å². The van der Waals surface area contributed by atoms with Crippen molar-refractivity contribution in [3.05, 3.63) is 130 Å². The molecule has 1 saturated heterocycles. The molecule has 13 rings (SSSR count). The molecule has 6 aromatic rings. The predicted molar refractivity (Wildman–Crippen MR) is 388 cm³/mol. The Kier molecular flexibility index (Phi) is 22.5.